The van der Waals surface area contributed by atoms with E-state index in [1.807, 2.05) is 11.8 Å². The van der Waals surface area contributed by atoms with Crippen molar-refractivity contribution in [1.29, 1.82) is 0 Å². The van der Waals surface area contributed by atoms with Gasteiger partial charge in [0.25, 0.3) is 0 Å². The summed E-state index contributed by atoms with van der Waals surface area (Å²) >= 11 is 1.86. The van der Waals surface area contributed by atoms with Crippen molar-refractivity contribution in [2.45, 2.75) is 54.7 Å². The van der Waals surface area contributed by atoms with Gasteiger partial charge in [-0.2, -0.15) is 0 Å². The summed E-state index contributed by atoms with van der Waals surface area (Å²) in [6.45, 7) is 5.93. The topological polar surface area (TPSA) is 6.48 Å². The first kappa shape index (κ1) is 33.1. The molecule has 8 aromatic rings. The van der Waals surface area contributed by atoms with E-state index < -0.39 is 0 Å². The smallest absolute Gasteiger partial charge is 0.0601 e. The molecule has 0 unspecified atom stereocenters. The molecule has 0 fully saturated rings. The Balaban J connectivity index is 0.920. The van der Waals surface area contributed by atoms with Gasteiger partial charge in [-0.1, -0.05) is 141 Å². The zero-order valence-electron chi connectivity index (χ0n) is 32.3. The molecule has 0 spiro atoms. The summed E-state index contributed by atoms with van der Waals surface area (Å²) in [7, 11) is 0. The lowest BCUT2D eigenvalue weighted by Crippen LogP contribution is -2.29. The number of hydrogen-bond donors (Lipinski definition) is 0. The Hall–Kier alpha value is -6.03. The SMILES string of the molecule is CC1(C)c2cc(/C=C/c3ccc4ccc5c(N6c7ccccc7Sc7ccccc76)ccc6ccc3c4c65)ccc2-c2ccc(N3CCCC4=C3CCC=C4)cc21. The highest BCUT2D eigenvalue weighted by molar-refractivity contribution is 7.99. The van der Waals surface area contributed by atoms with Crippen molar-refractivity contribution in [3.63, 3.8) is 0 Å². The number of rotatable bonds is 4. The molecule has 2 heterocycles. The molecule has 2 aliphatic heterocycles. The monoisotopic (exact) mass is 750 g/mol. The summed E-state index contributed by atoms with van der Waals surface area (Å²) in [6.07, 6.45) is 14.1. The van der Waals surface area contributed by atoms with Crippen molar-refractivity contribution in [2.24, 2.45) is 0 Å². The van der Waals surface area contributed by atoms with Gasteiger partial charge >= 0.3 is 0 Å². The number of benzene rings is 8. The van der Waals surface area contributed by atoms with Crippen LogP contribution in [0, 0.1) is 0 Å². The Labute approximate surface area is 338 Å². The van der Waals surface area contributed by atoms with Gasteiger partial charge in [0.1, 0.15) is 0 Å². The van der Waals surface area contributed by atoms with Crippen LogP contribution in [0.25, 0.3) is 55.6 Å². The normalized spacial score (nSPS) is 16.7. The third-order valence-corrected chi connectivity index (χ3v) is 14.3. The van der Waals surface area contributed by atoms with Gasteiger partial charge in [-0.3, -0.25) is 0 Å². The maximum Gasteiger partial charge on any atom is 0.0601 e. The van der Waals surface area contributed by atoms with Crippen molar-refractivity contribution in [1.82, 2.24) is 0 Å². The largest absolute Gasteiger partial charge is 0.345 e. The average molecular weight is 751 g/mol. The Morgan fingerprint density at radius 3 is 2.11 bits per heavy atom. The molecule has 0 amide bonds. The van der Waals surface area contributed by atoms with Crippen molar-refractivity contribution in [3.05, 3.63) is 179 Å². The lowest BCUT2D eigenvalue weighted by Gasteiger charge is -2.35. The standard InChI is InChI=1S/C54H42N2S/c1-54(2)44-32-34(18-26-41(44)42-29-25-39(33-45(42)54)55-31-9-11-36-10-3-4-12-46(36)55)17-19-35-20-21-37-23-28-43-47(30-24-38-22-27-40(35)52(37)53(38)43)56-48-13-5-7-15-50(48)57-51-16-8-6-14-49(51)56/h3,5-8,10,13-30,32-33H,4,9,11-12,31H2,1-2H3/b19-17+. The molecule has 0 aromatic heterocycles. The maximum atomic E-state index is 2.61. The predicted molar refractivity (Wildman–Crippen MR) is 244 cm³/mol. The summed E-state index contributed by atoms with van der Waals surface area (Å²) < 4.78 is 0. The molecule has 0 atom stereocenters. The van der Waals surface area contributed by atoms with Crippen LogP contribution in [0.4, 0.5) is 22.7 Å². The lowest BCUT2D eigenvalue weighted by atomic mass is 9.81. The van der Waals surface area contributed by atoms with Crippen LogP contribution in [0.2, 0.25) is 0 Å². The van der Waals surface area contributed by atoms with Gasteiger partial charge < -0.3 is 9.80 Å². The number of allylic oxidation sites excluding steroid dienone is 4. The zero-order valence-corrected chi connectivity index (χ0v) is 33.2. The zero-order chi connectivity index (χ0) is 37.8. The molecule has 0 N–H and O–H groups in total. The van der Waals surface area contributed by atoms with Gasteiger partial charge in [-0.25, -0.2) is 0 Å². The lowest BCUT2D eigenvalue weighted by molar-refractivity contribution is 0.657. The van der Waals surface area contributed by atoms with Gasteiger partial charge in [0.15, 0.2) is 0 Å². The average Bonchev–Trinajstić information content (AvgIpc) is 3.48. The van der Waals surface area contributed by atoms with Crippen LogP contribution in [0.3, 0.4) is 0 Å². The second kappa shape index (κ2) is 12.5. The van der Waals surface area contributed by atoms with E-state index in [4.69, 9.17) is 0 Å². The minimum atomic E-state index is -0.0806. The van der Waals surface area contributed by atoms with Crippen molar-refractivity contribution >= 4 is 79.0 Å². The fraction of sp³-hybridized carbons (Fsp3) is 0.148. The molecule has 8 aromatic carbocycles. The number of fused-ring (bicyclic) bond motifs is 5. The molecule has 4 aliphatic rings. The summed E-state index contributed by atoms with van der Waals surface area (Å²) in [5.41, 5.74) is 16.1. The highest BCUT2D eigenvalue weighted by Crippen LogP contribution is 2.54. The van der Waals surface area contributed by atoms with E-state index in [-0.39, 0.29) is 5.41 Å². The molecular weight excluding hydrogens is 709 g/mol. The van der Waals surface area contributed by atoms with Gasteiger partial charge in [0, 0.05) is 38.5 Å². The fourth-order valence-corrected chi connectivity index (χ4v) is 11.5. The third-order valence-electron chi connectivity index (χ3n) is 13.2. The third kappa shape index (κ3) is 4.98. The Morgan fingerprint density at radius 2 is 1.30 bits per heavy atom. The second-order valence-electron chi connectivity index (χ2n) is 16.7. The first-order valence-electron chi connectivity index (χ1n) is 20.5. The summed E-state index contributed by atoms with van der Waals surface area (Å²) in [5.74, 6) is 0. The fourth-order valence-electron chi connectivity index (χ4n) is 10.4. The highest BCUT2D eigenvalue weighted by atomic mass is 32.2. The van der Waals surface area contributed by atoms with E-state index in [0.29, 0.717) is 0 Å². The van der Waals surface area contributed by atoms with Gasteiger partial charge in [0.2, 0.25) is 0 Å². The number of anilines is 4. The maximum absolute atomic E-state index is 2.61. The van der Waals surface area contributed by atoms with Gasteiger partial charge in [-0.15, -0.1) is 0 Å². The van der Waals surface area contributed by atoms with Crippen molar-refractivity contribution in [2.75, 3.05) is 16.3 Å². The molecule has 2 aliphatic carbocycles. The first-order valence-corrected chi connectivity index (χ1v) is 21.3. The predicted octanol–water partition coefficient (Wildman–Crippen LogP) is 15.2. The van der Waals surface area contributed by atoms with E-state index in [2.05, 4.69) is 181 Å². The summed E-state index contributed by atoms with van der Waals surface area (Å²) in [6, 6.07) is 50.5. The van der Waals surface area contributed by atoms with Crippen LogP contribution < -0.4 is 9.80 Å². The van der Waals surface area contributed by atoms with E-state index in [0.717, 1.165) is 19.4 Å². The Kier molecular flexibility index (Phi) is 7.26. The van der Waals surface area contributed by atoms with Crippen LogP contribution in [-0.2, 0) is 5.41 Å². The summed E-state index contributed by atoms with van der Waals surface area (Å²) in [4.78, 5) is 7.64. The molecule has 0 bridgehead atoms. The molecule has 57 heavy (non-hydrogen) atoms. The molecule has 0 radical (unpaired) electrons. The highest BCUT2D eigenvalue weighted by Gasteiger charge is 2.36. The molecule has 0 saturated carbocycles. The van der Waals surface area contributed by atoms with Gasteiger partial charge in [0.05, 0.1) is 17.1 Å². The minimum Gasteiger partial charge on any atom is -0.345 e. The van der Waals surface area contributed by atoms with Crippen LogP contribution >= 0.6 is 11.8 Å². The van der Waals surface area contributed by atoms with Crippen molar-refractivity contribution < 1.29 is 0 Å². The minimum absolute atomic E-state index is 0.0806. The molecule has 2 nitrogen and oxygen atoms in total. The molecular formula is C54H42N2S. The van der Waals surface area contributed by atoms with Crippen LogP contribution in [0.15, 0.2) is 167 Å². The second-order valence-corrected chi connectivity index (χ2v) is 17.8. The quantitative estimate of drug-likeness (QED) is 0.131. The van der Waals surface area contributed by atoms with E-state index in [1.165, 1.54) is 122 Å². The van der Waals surface area contributed by atoms with Crippen LogP contribution in [0.1, 0.15) is 61.8 Å². The molecule has 274 valence electrons. The van der Waals surface area contributed by atoms with Crippen molar-refractivity contribution in [3.8, 4) is 11.1 Å². The van der Waals surface area contributed by atoms with Gasteiger partial charge in [-0.05, 0) is 134 Å². The number of para-hydroxylation sites is 2. The number of nitrogens with zero attached hydrogens (tertiary/aromatic N) is 2. The Bertz CT molecular complexity index is 3020. The molecule has 12 rings (SSSR count). The van der Waals surface area contributed by atoms with E-state index >= 15 is 0 Å². The first-order chi connectivity index (χ1) is 28.0. The Morgan fingerprint density at radius 1 is 0.614 bits per heavy atom. The van der Waals surface area contributed by atoms with Crippen LogP contribution in [0.5, 0.6) is 0 Å². The summed E-state index contributed by atoms with van der Waals surface area (Å²) in [5, 5.41) is 7.79. The molecule has 3 heteroatoms. The molecule has 0 saturated heterocycles. The van der Waals surface area contributed by atoms with E-state index in [9.17, 15) is 0 Å². The number of hydrogen-bond acceptors (Lipinski definition) is 3. The van der Waals surface area contributed by atoms with E-state index in [1.54, 1.807) is 0 Å². The van der Waals surface area contributed by atoms with Crippen LogP contribution in [-0.4, -0.2) is 6.54 Å².